The van der Waals surface area contributed by atoms with E-state index in [0.717, 1.165) is 12.7 Å². The van der Waals surface area contributed by atoms with E-state index in [4.69, 9.17) is 0 Å². The molecule has 1 aliphatic carbocycles. The van der Waals surface area contributed by atoms with Crippen molar-refractivity contribution < 1.29 is 4.79 Å². The van der Waals surface area contributed by atoms with Crippen molar-refractivity contribution in [2.24, 2.45) is 5.92 Å². The molecule has 1 aromatic rings. The van der Waals surface area contributed by atoms with Crippen LogP contribution in [0.15, 0.2) is 30.3 Å². The minimum atomic E-state index is 0.655. The summed E-state index contributed by atoms with van der Waals surface area (Å²) in [4.78, 5) is 10.3. The molecule has 13 heavy (non-hydrogen) atoms. The van der Waals surface area contributed by atoms with Crippen LogP contribution in [0, 0.1) is 5.92 Å². The number of hydrogen-bond donors (Lipinski definition) is 0. The lowest BCUT2D eigenvalue weighted by atomic mass is 9.70. The number of aldehydes is 1. The summed E-state index contributed by atoms with van der Waals surface area (Å²) in [5, 5.41) is 0. The molecular weight excluding hydrogens is 160 g/mol. The van der Waals surface area contributed by atoms with Crippen LogP contribution in [0.5, 0.6) is 0 Å². The Kier molecular flexibility index (Phi) is 2.44. The van der Waals surface area contributed by atoms with Crippen molar-refractivity contribution in [1.82, 2.24) is 0 Å². The molecule has 0 radical (unpaired) electrons. The maximum atomic E-state index is 10.3. The van der Waals surface area contributed by atoms with Crippen molar-refractivity contribution >= 4 is 6.29 Å². The zero-order valence-corrected chi connectivity index (χ0v) is 7.65. The van der Waals surface area contributed by atoms with Gasteiger partial charge >= 0.3 is 0 Å². The average Bonchev–Trinajstić information content (AvgIpc) is 2.12. The Morgan fingerprint density at radius 3 is 2.54 bits per heavy atom. The molecule has 1 fully saturated rings. The standard InChI is InChI=1S/C12H14O/c13-7-6-10-8-12(9-10)11-4-2-1-3-5-11/h1-5,7,10,12H,6,8-9H2. The van der Waals surface area contributed by atoms with E-state index >= 15 is 0 Å². The first-order valence-corrected chi connectivity index (χ1v) is 4.88. The Labute approximate surface area is 78.8 Å². The molecule has 1 saturated carbocycles. The molecule has 1 heteroatoms. The van der Waals surface area contributed by atoms with E-state index in [1.807, 2.05) is 6.07 Å². The van der Waals surface area contributed by atoms with Gasteiger partial charge in [0.1, 0.15) is 6.29 Å². The Bertz CT molecular complexity index is 272. The summed E-state index contributed by atoms with van der Waals surface area (Å²) < 4.78 is 0. The third-order valence-corrected chi connectivity index (χ3v) is 2.94. The van der Waals surface area contributed by atoms with Crippen LogP contribution < -0.4 is 0 Å². The summed E-state index contributed by atoms with van der Waals surface area (Å²) in [6.07, 6.45) is 4.20. The fourth-order valence-corrected chi connectivity index (χ4v) is 2.06. The summed E-state index contributed by atoms with van der Waals surface area (Å²) in [7, 11) is 0. The molecule has 0 atom stereocenters. The maximum Gasteiger partial charge on any atom is 0.120 e. The molecule has 0 N–H and O–H groups in total. The van der Waals surface area contributed by atoms with E-state index in [-0.39, 0.29) is 0 Å². The van der Waals surface area contributed by atoms with Gasteiger partial charge in [-0.25, -0.2) is 0 Å². The summed E-state index contributed by atoms with van der Waals surface area (Å²) >= 11 is 0. The number of hydrogen-bond acceptors (Lipinski definition) is 1. The van der Waals surface area contributed by atoms with Crippen molar-refractivity contribution in [2.75, 3.05) is 0 Å². The van der Waals surface area contributed by atoms with Gasteiger partial charge in [-0.3, -0.25) is 0 Å². The molecule has 0 saturated heterocycles. The van der Waals surface area contributed by atoms with Crippen LogP contribution in [0.4, 0.5) is 0 Å². The van der Waals surface area contributed by atoms with Crippen molar-refractivity contribution in [3.8, 4) is 0 Å². The molecular formula is C12H14O. The number of carbonyl (C=O) groups excluding carboxylic acids is 1. The highest BCUT2D eigenvalue weighted by Crippen LogP contribution is 2.42. The lowest BCUT2D eigenvalue weighted by Gasteiger charge is -2.34. The van der Waals surface area contributed by atoms with Crippen LogP contribution in [-0.4, -0.2) is 6.29 Å². The van der Waals surface area contributed by atoms with E-state index in [2.05, 4.69) is 24.3 Å². The van der Waals surface area contributed by atoms with Gasteiger partial charge in [-0.2, -0.15) is 0 Å². The second kappa shape index (κ2) is 3.73. The zero-order valence-electron chi connectivity index (χ0n) is 7.65. The second-order valence-corrected chi connectivity index (χ2v) is 3.85. The molecule has 0 spiro atoms. The fraction of sp³-hybridized carbons (Fsp3) is 0.417. The third kappa shape index (κ3) is 1.80. The predicted molar refractivity (Wildman–Crippen MR) is 52.6 cm³/mol. The van der Waals surface area contributed by atoms with E-state index in [1.54, 1.807) is 0 Å². The van der Waals surface area contributed by atoms with Crippen LogP contribution in [0.1, 0.15) is 30.7 Å². The fourth-order valence-electron chi connectivity index (χ4n) is 2.06. The Morgan fingerprint density at radius 1 is 1.23 bits per heavy atom. The topological polar surface area (TPSA) is 17.1 Å². The minimum Gasteiger partial charge on any atom is -0.303 e. The first kappa shape index (κ1) is 8.49. The smallest absolute Gasteiger partial charge is 0.120 e. The number of benzene rings is 1. The van der Waals surface area contributed by atoms with E-state index in [0.29, 0.717) is 11.8 Å². The number of rotatable bonds is 3. The maximum absolute atomic E-state index is 10.3. The largest absolute Gasteiger partial charge is 0.303 e. The highest BCUT2D eigenvalue weighted by molar-refractivity contribution is 5.50. The molecule has 68 valence electrons. The highest BCUT2D eigenvalue weighted by atomic mass is 16.1. The van der Waals surface area contributed by atoms with Gasteiger partial charge in [-0.1, -0.05) is 30.3 Å². The van der Waals surface area contributed by atoms with Crippen molar-refractivity contribution in [2.45, 2.75) is 25.2 Å². The quantitative estimate of drug-likeness (QED) is 0.644. The van der Waals surface area contributed by atoms with Gasteiger partial charge in [-0.15, -0.1) is 0 Å². The normalized spacial score (nSPS) is 26.5. The third-order valence-electron chi connectivity index (χ3n) is 2.94. The van der Waals surface area contributed by atoms with E-state index in [1.165, 1.54) is 18.4 Å². The first-order valence-electron chi connectivity index (χ1n) is 4.88. The van der Waals surface area contributed by atoms with Gasteiger partial charge in [0, 0.05) is 6.42 Å². The monoisotopic (exact) mass is 174 g/mol. The summed E-state index contributed by atoms with van der Waals surface area (Å²) in [6, 6.07) is 10.6. The van der Waals surface area contributed by atoms with Gasteiger partial charge in [0.05, 0.1) is 0 Å². The van der Waals surface area contributed by atoms with Gasteiger partial charge in [0.2, 0.25) is 0 Å². The Hall–Kier alpha value is -1.11. The minimum absolute atomic E-state index is 0.655. The molecule has 1 aromatic carbocycles. The lowest BCUT2D eigenvalue weighted by molar-refractivity contribution is -0.109. The van der Waals surface area contributed by atoms with Crippen LogP contribution in [0.25, 0.3) is 0 Å². The molecule has 0 unspecified atom stereocenters. The lowest BCUT2D eigenvalue weighted by Crippen LogP contribution is -2.21. The zero-order chi connectivity index (χ0) is 9.10. The molecule has 1 aliphatic rings. The van der Waals surface area contributed by atoms with E-state index in [9.17, 15) is 4.79 Å². The van der Waals surface area contributed by atoms with Crippen LogP contribution >= 0.6 is 0 Å². The summed E-state index contributed by atoms with van der Waals surface area (Å²) in [5.74, 6) is 1.37. The molecule has 1 nitrogen and oxygen atoms in total. The molecule has 2 rings (SSSR count). The molecule has 0 bridgehead atoms. The van der Waals surface area contributed by atoms with Crippen molar-refractivity contribution in [1.29, 1.82) is 0 Å². The summed E-state index contributed by atoms with van der Waals surface area (Å²) in [6.45, 7) is 0. The van der Waals surface area contributed by atoms with Crippen molar-refractivity contribution in [3.63, 3.8) is 0 Å². The molecule has 0 aromatic heterocycles. The van der Waals surface area contributed by atoms with Crippen LogP contribution in [0.2, 0.25) is 0 Å². The van der Waals surface area contributed by atoms with Gasteiger partial charge < -0.3 is 4.79 Å². The molecule has 0 amide bonds. The van der Waals surface area contributed by atoms with E-state index < -0.39 is 0 Å². The first-order chi connectivity index (χ1) is 6.40. The predicted octanol–water partition coefficient (Wildman–Crippen LogP) is 2.77. The SMILES string of the molecule is O=CCC1CC(c2ccccc2)C1. The van der Waals surface area contributed by atoms with Crippen LogP contribution in [-0.2, 0) is 4.79 Å². The second-order valence-electron chi connectivity index (χ2n) is 3.85. The number of carbonyl (C=O) groups is 1. The Balaban J connectivity index is 1.90. The molecule has 0 heterocycles. The van der Waals surface area contributed by atoms with Crippen LogP contribution in [0.3, 0.4) is 0 Å². The van der Waals surface area contributed by atoms with Gasteiger partial charge in [0.15, 0.2) is 0 Å². The highest BCUT2D eigenvalue weighted by Gasteiger charge is 2.29. The summed E-state index contributed by atoms with van der Waals surface area (Å²) in [5.41, 5.74) is 1.43. The van der Waals surface area contributed by atoms with Crippen molar-refractivity contribution in [3.05, 3.63) is 35.9 Å². The van der Waals surface area contributed by atoms with Gasteiger partial charge in [0.25, 0.3) is 0 Å². The van der Waals surface area contributed by atoms with Gasteiger partial charge in [-0.05, 0) is 30.2 Å². The average molecular weight is 174 g/mol. The molecule has 0 aliphatic heterocycles. The Morgan fingerprint density at radius 2 is 1.92 bits per heavy atom.